The maximum Gasteiger partial charge on any atom is 0.270 e. The molecule has 1 atom stereocenters. The summed E-state index contributed by atoms with van der Waals surface area (Å²) >= 11 is 0. The van der Waals surface area contributed by atoms with E-state index in [1.807, 2.05) is 7.05 Å². The van der Waals surface area contributed by atoms with E-state index in [0.29, 0.717) is 17.4 Å². The van der Waals surface area contributed by atoms with E-state index in [1.54, 1.807) is 24.4 Å². The van der Waals surface area contributed by atoms with E-state index in [2.05, 4.69) is 30.7 Å². The van der Waals surface area contributed by atoms with Crippen LogP contribution in [0, 0.1) is 0 Å². The van der Waals surface area contributed by atoms with Crippen molar-refractivity contribution in [3.8, 4) is 0 Å². The highest BCUT2D eigenvalue weighted by Gasteiger charge is 2.25. The van der Waals surface area contributed by atoms with E-state index in [4.69, 9.17) is 4.52 Å². The molecule has 22 heavy (non-hydrogen) atoms. The minimum atomic E-state index is -0.267. The van der Waals surface area contributed by atoms with E-state index < -0.39 is 0 Å². The van der Waals surface area contributed by atoms with Crippen molar-refractivity contribution in [2.24, 2.45) is 0 Å². The topological polar surface area (TPSA) is 96.2 Å². The highest BCUT2D eigenvalue weighted by Crippen LogP contribution is 2.17. The van der Waals surface area contributed by atoms with E-state index in [9.17, 15) is 4.79 Å². The van der Waals surface area contributed by atoms with Crippen LogP contribution in [0.4, 0.5) is 0 Å². The SMILES string of the molecule is CN1CCNCC1c1noc(CNC(=O)c2ccccn2)n1. The lowest BCUT2D eigenvalue weighted by molar-refractivity contribution is 0.0941. The molecule has 3 heterocycles. The average Bonchev–Trinajstić information content (AvgIpc) is 3.02. The minimum absolute atomic E-state index is 0.0951. The lowest BCUT2D eigenvalue weighted by Gasteiger charge is -2.30. The van der Waals surface area contributed by atoms with Crippen LogP contribution < -0.4 is 10.6 Å². The van der Waals surface area contributed by atoms with Crippen molar-refractivity contribution in [3.63, 3.8) is 0 Å². The Hall–Kier alpha value is -2.32. The first-order valence-electron chi connectivity index (χ1n) is 7.16. The second-order valence-electron chi connectivity index (χ2n) is 5.14. The number of piperazine rings is 1. The fourth-order valence-corrected chi connectivity index (χ4v) is 2.31. The molecule has 0 bridgehead atoms. The summed E-state index contributed by atoms with van der Waals surface area (Å²) in [7, 11) is 2.03. The zero-order chi connectivity index (χ0) is 15.4. The van der Waals surface area contributed by atoms with Gasteiger partial charge in [0, 0.05) is 25.8 Å². The fraction of sp³-hybridized carbons (Fsp3) is 0.429. The molecule has 1 aliphatic heterocycles. The molecule has 0 aromatic carbocycles. The van der Waals surface area contributed by atoms with Crippen LogP contribution in [0.25, 0.3) is 0 Å². The van der Waals surface area contributed by atoms with Gasteiger partial charge in [0.05, 0.1) is 12.6 Å². The molecule has 0 spiro atoms. The van der Waals surface area contributed by atoms with E-state index in [-0.39, 0.29) is 18.5 Å². The Labute approximate surface area is 127 Å². The maximum absolute atomic E-state index is 11.9. The van der Waals surface area contributed by atoms with Crippen LogP contribution in [-0.2, 0) is 6.54 Å². The van der Waals surface area contributed by atoms with Crippen molar-refractivity contribution in [1.82, 2.24) is 30.7 Å². The molecule has 3 rings (SSSR count). The Kier molecular flexibility index (Phi) is 4.40. The third-order valence-electron chi connectivity index (χ3n) is 3.59. The Balaban J connectivity index is 1.59. The molecule has 1 amide bonds. The van der Waals surface area contributed by atoms with Crippen LogP contribution in [0.1, 0.15) is 28.2 Å². The number of hydrogen-bond acceptors (Lipinski definition) is 7. The summed E-state index contributed by atoms with van der Waals surface area (Å²) in [6, 6.07) is 5.27. The number of pyridine rings is 1. The van der Waals surface area contributed by atoms with Gasteiger partial charge in [0.1, 0.15) is 5.69 Å². The van der Waals surface area contributed by atoms with Crippen LogP contribution in [0.2, 0.25) is 0 Å². The molecule has 0 aliphatic carbocycles. The minimum Gasteiger partial charge on any atom is -0.342 e. The average molecular weight is 302 g/mol. The zero-order valence-electron chi connectivity index (χ0n) is 12.3. The van der Waals surface area contributed by atoms with Gasteiger partial charge in [-0.25, -0.2) is 0 Å². The summed E-state index contributed by atoms with van der Waals surface area (Å²) < 4.78 is 5.20. The summed E-state index contributed by atoms with van der Waals surface area (Å²) in [5, 5.41) is 10.0. The summed E-state index contributed by atoms with van der Waals surface area (Å²) in [6.45, 7) is 2.87. The largest absolute Gasteiger partial charge is 0.342 e. The molecule has 8 nitrogen and oxygen atoms in total. The van der Waals surface area contributed by atoms with Crippen LogP contribution in [0.5, 0.6) is 0 Å². The van der Waals surface area contributed by atoms with Gasteiger partial charge in [-0.3, -0.25) is 14.7 Å². The molecule has 2 N–H and O–H groups in total. The molecule has 0 radical (unpaired) electrons. The van der Waals surface area contributed by atoms with Gasteiger partial charge >= 0.3 is 0 Å². The molecule has 1 unspecified atom stereocenters. The molecule has 116 valence electrons. The third kappa shape index (κ3) is 3.29. The van der Waals surface area contributed by atoms with Gasteiger partial charge < -0.3 is 15.2 Å². The molecule has 1 saturated heterocycles. The van der Waals surface area contributed by atoms with E-state index >= 15 is 0 Å². The summed E-state index contributed by atoms with van der Waals surface area (Å²) in [6.07, 6.45) is 1.58. The lowest BCUT2D eigenvalue weighted by Crippen LogP contribution is -2.44. The van der Waals surface area contributed by atoms with Crippen molar-refractivity contribution in [2.75, 3.05) is 26.7 Å². The van der Waals surface area contributed by atoms with Crippen molar-refractivity contribution < 1.29 is 9.32 Å². The number of amides is 1. The second kappa shape index (κ2) is 6.63. The number of carbonyl (C=O) groups is 1. The van der Waals surface area contributed by atoms with Gasteiger partial charge in [0.2, 0.25) is 5.89 Å². The summed E-state index contributed by atoms with van der Waals surface area (Å²) in [5.74, 6) is 0.756. The Morgan fingerprint density at radius 2 is 2.45 bits per heavy atom. The predicted molar refractivity (Wildman–Crippen MR) is 77.9 cm³/mol. The molecule has 2 aromatic heterocycles. The Morgan fingerprint density at radius 3 is 3.23 bits per heavy atom. The Morgan fingerprint density at radius 1 is 1.55 bits per heavy atom. The summed E-state index contributed by atoms with van der Waals surface area (Å²) in [5.41, 5.74) is 0.360. The zero-order valence-corrected chi connectivity index (χ0v) is 12.3. The van der Waals surface area contributed by atoms with Gasteiger partial charge in [0.15, 0.2) is 5.82 Å². The quantitative estimate of drug-likeness (QED) is 0.818. The number of nitrogens with zero attached hydrogens (tertiary/aromatic N) is 4. The molecule has 0 saturated carbocycles. The third-order valence-corrected chi connectivity index (χ3v) is 3.59. The van der Waals surface area contributed by atoms with Gasteiger partial charge in [-0.05, 0) is 19.2 Å². The highest BCUT2D eigenvalue weighted by molar-refractivity contribution is 5.91. The van der Waals surface area contributed by atoms with E-state index in [1.165, 1.54) is 0 Å². The van der Waals surface area contributed by atoms with E-state index in [0.717, 1.165) is 19.6 Å². The van der Waals surface area contributed by atoms with Crippen LogP contribution in [0.3, 0.4) is 0 Å². The van der Waals surface area contributed by atoms with Crippen LogP contribution in [0.15, 0.2) is 28.9 Å². The number of carbonyl (C=O) groups excluding carboxylic acids is 1. The molecular formula is C14H18N6O2. The van der Waals surface area contributed by atoms with Crippen LogP contribution >= 0.6 is 0 Å². The molecule has 1 fully saturated rings. The van der Waals surface area contributed by atoms with Gasteiger partial charge in [0.25, 0.3) is 5.91 Å². The molecule has 2 aromatic rings. The number of nitrogens with one attached hydrogen (secondary N) is 2. The van der Waals surface area contributed by atoms with Gasteiger partial charge in [-0.15, -0.1) is 0 Å². The normalized spacial score (nSPS) is 19.0. The Bertz CT molecular complexity index is 629. The van der Waals surface area contributed by atoms with Gasteiger partial charge in [-0.1, -0.05) is 11.2 Å². The lowest BCUT2D eigenvalue weighted by atomic mass is 10.2. The predicted octanol–water partition coefficient (Wildman–Crippen LogP) is -0.0293. The first kappa shape index (κ1) is 14.6. The van der Waals surface area contributed by atoms with Gasteiger partial charge in [-0.2, -0.15) is 4.98 Å². The van der Waals surface area contributed by atoms with Crippen molar-refractivity contribution in [3.05, 3.63) is 41.8 Å². The number of aromatic nitrogens is 3. The summed E-state index contributed by atoms with van der Waals surface area (Å²) in [4.78, 5) is 22.4. The maximum atomic E-state index is 11.9. The molecule has 1 aliphatic rings. The highest BCUT2D eigenvalue weighted by atomic mass is 16.5. The monoisotopic (exact) mass is 302 g/mol. The van der Waals surface area contributed by atoms with Crippen molar-refractivity contribution in [2.45, 2.75) is 12.6 Å². The second-order valence-corrected chi connectivity index (χ2v) is 5.14. The standard InChI is InChI=1S/C14H18N6O2/c1-20-7-6-15-8-11(20)13-18-12(22-19-13)9-17-14(21)10-4-2-3-5-16-10/h2-5,11,15H,6-9H2,1H3,(H,17,21). The number of rotatable bonds is 4. The van der Waals surface area contributed by atoms with Crippen LogP contribution in [-0.4, -0.2) is 52.6 Å². The number of hydrogen-bond donors (Lipinski definition) is 2. The van der Waals surface area contributed by atoms with Crippen molar-refractivity contribution >= 4 is 5.91 Å². The molecule has 8 heteroatoms. The smallest absolute Gasteiger partial charge is 0.270 e. The fourth-order valence-electron chi connectivity index (χ4n) is 2.31. The first-order valence-corrected chi connectivity index (χ1v) is 7.16. The molecular weight excluding hydrogens is 284 g/mol. The number of likely N-dealkylation sites (N-methyl/N-ethyl adjacent to an activating group) is 1. The van der Waals surface area contributed by atoms with Crippen molar-refractivity contribution in [1.29, 1.82) is 0 Å². The first-order chi connectivity index (χ1) is 10.7.